The molecule has 11 rings (SSSR count). The summed E-state index contributed by atoms with van der Waals surface area (Å²) in [6.07, 6.45) is 5.44. The van der Waals surface area contributed by atoms with Crippen LogP contribution < -0.4 is 9.30 Å². The maximum Gasteiger partial charge on any atom is 0.269 e. The molecule has 0 spiro atoms. The minimum atomic E-state index is -0.571. The Morgan fingerprint density at radius 2 is 1.11 bits per heavy atom. The molecule has 5 heteroatoms. The van der Waals surface area contributed by atoms with Crippen molar-refractivity contribution in [2.24, 2.45) is 0 Å². The number of hydrogen-bond acceptors (Lipinski definition) is 2. The lowest BCUT2D eigenvalue weighted by Crippen LogP contribution is -2.31. The molecular weight excluding hydrogens is 865 g/mol. The van der Waals surface area contributed by atoms with Gasteiger partial charge in [0.1, 0.15) is 17.3 Å². The van der Waals surface area contributed by atoms with Gasteiger partial charge in [0.15, 0.2) is 0 Å². The second-order valence-electron chi connectivity index (χ2n) is 21.3. The van der Waals surface area contributed by atoms with Crippen LogP contribution in [0, 0.1) is 6.33 Å². The molecular formula is C66H60N4O. The van der Waals surface area contributed by atoms with E-state index in [1.54, 1.807) is 22.8 Å². The van der Waals surface area contributed by atoms with Crippen molar-refractivity contribution < 1.29 is 23.0 Å². The summed E-state index contributed by atoms with van der Waals surface area (Å²) in [7, 11) is 0. The van der Waals surface area contributed by atoms with E-state index in [1.165, 1.54) is 0 Å². The molecule has 0 saturated carbocycles. The van der Waals surface area contributed by atoms with E-state index in [1.807, 2.05) is 71.4 Å². The molecule has 0 aliphatic rings. The molecule has 0 aliphatic heterocycles. The molecule has 3 heterocycles. The van der Waals surface area contributed by atoms with Crippen molar-refractivity contribution >= 4 is 32.8 Å². The maximum absolute atomic E-state index is 9.24. The number of benzene rings is 8. The van der Waals surface area contributed by atoms with Crippen LogP contribution >= 0.6 is 0 Å². The molecule has 0 aliphatic carbocycles. The Labute approximate surface area is 432 Å². The fourth-order valence-corrected chi connectivity index (χ4v) is 9.35. The molecule has 0 amide bonds. The number of fused-ring (bicyclic) bond motifs is 4. The van der Waals surface area contributed by atoms with E-state index >= 15 is 0 Å². The van der Waals surface area contributed by atoms with E-state index in [0.717, 1.165) is 55.4 Å². The first-order valence-electron chi connectivity index (χ1n) is 29.0. The summed E-state index contributed by atoms with van der Waals surface area (Å²) < 4.78 is 102. The van der Waals surface area contributed by atoms with Crippen LogP contribution in [-0.2, 0) is 16.2 Å². The van der Waals surface area contributed by atoms with Crippen molar-refractivity contribution in [3.8, 4) is 62.1 Å². The largest absolute Gasteiger partial charge is 0.458 e. The van der Waals surface area contributed by atoms with Gasteiger partial charge < -0.3 is 4.74 Å². The third-order valence-electron chi connectivity index (χ3n) is 13.3. The first-order chi connectivity index (χ1) is 38.2. The van der Waals surface area contributed by atoms with Gasteiger partial charge in [0.05, 0.1) is 47.1 Å². The van der Waals surface area contributed by atoms with Crippen molar-refractivity contribution in [2.45, 2.75) is 78.6 Å². The van der Waals surface area contributed by atoms with Crippen molar-refractivity contribution in [3.63, 3.8) is 0 Å². The Hall–Kier alpha value is -8.02. The molecule has 0 N–H and O–H groups in total. The zero-order chi connectivity index (χ0) is 57.9. The van der Waals surface area contributed by atoms with Gasteiger partial charge in [0, 0.05) is 23.0 Å². The molecule has 0 bridgehead atoms. The Kier molecular flexibility index (Phi) is 8.63. The highest BCUT2D eigenvalue weighted by atomic mass is 16.5. The highest BCUT2D eigenvalue weighted by Gasteiger charge is 2.24. The average molecular weight is 935 g/mol. The van der Waals surface area contributed by atoms with Gasteiger partial charge in [-0.25, -0.2) is 4.98 Å². The van der Waals surface area contributed by atoms with E-state index in [4.69, 9.17) is 17.9 Å². The van der Waals surface area contributed by atoms with Crippen LogP contribution in [0.1, 0.15) is 92.7 Å². The molecule has 350 valence electrons. The van der Waals surface area contributed by atoms with Crippen molar-refractivity contribution in [2.75, 3.05) is 0 Å². The van der Waals surface area contributed by atoms with Gasteiger partial charge in [-0.05, 0) is 121 Å². The fourth-order valence-electron chi connectivity index (χ4n) is 9.35. The van der Waals surface area contributed by atoms with Crippen LogP contribution in [0.4, 0.5) is 0 Å². The second-order valence-corrected chi connectivity index (χ2v) is 21.3. The van der Waals surface area contributed by atoms with Gasteiger partial charge in [0.25, 0.3) is 6.33 Å². The molecule has 71 heavy (non-hydrogen) atoms. The molecule has 0 fully saturated rings. The minimum Gasteiger partial charge on any atom is -0.458 e. The molecule has 0 atom stereocenters. The predicted octanol–water partition coefficient (Wildman–Crippen LogP) is 16.9. The molecule has 0 saturated heterocycles. The second kappa shape index (κ2) is 17.4. The van der Waals surface area contributed by atoms with Crippen molar-refractivity contribution in [1.82, 2.24) is 14.1 Å². The normalized spacial score (nSPS) is 14.3. The third-order valence-corrected chi connectivity index (χ3v) is 13.3. The summed E-state index contributed by atoms with van der Waals surface area (Å²) in [5, 5.41) is 2.12. The molecule has 0 unspecified atom stereocenters. The maximum atomic E-state index is 9.24. The summed E-state index contributed by atoms with van der Waals surface area (Å²) in [4.78, 5) is 4.87. The third kappa shape index (κ3) is 8.60. The van der Waals surface area contributed by atoms with Crippen LogP contribution in [0.5, 0.6) is 11.5 Å². The van der Waals surface area contributed by atoms with E-state index in [2.05, 4.69) is 128 Å². The first kappa shape index (κ1) is 35.1. The smallest absolute Gasteiger partial charge is 0.269 e. The quantitative estimate of drug-likeness (QED) is 0.112. The standard InChI is InChI=1S/C66H60N4O/c1-64(2,3)48-34-35-67-62(40-48)70-58-29-17-16-26-56(58)57-32-31-53(42-60(57)70)71-52-25-18-24-51(41-52)68-43-69(63-54(44-20-12-10-13-21-44)27-19-28-55(63)45-22-14-11-15-23-45)59-33-30-46(38-61(59)68)47-36-49(65(4,5)6)39-50(37-47)66(7,8)9/h10-42H,1-9H3/i10D,11D,12D,13D,14D,15D,20D,21D,22D,23D. The number of rotatable bonds is 8. The van der Waals surface area contributed by atoms with Gasteiger partial charge >= 0.3 is 0 Å². The zero-order valence-corrected chi connectivity index (χ0v) is 41.5. The van der Waals surface area contributed by atoms with E-state index in [-0.39, 0.29) is 44.2 Å². The SMILES string of the molecule is [2H]c1c([2H])c([2H])c(-c2cccc(-c3c([2H])c([2H])c([2H])c([2H])c3[2H])c2-[n+]2[c-]n(-c3cccc(Oc4ccc5c6ccccc6n(-c6cc(C(C)(C)C)ccn6)c5c4)c3)c3cc(-c4cc(C(C)(C)C)cc(C(C)(C)C)c4)ccc32)c([2H])c1[2H]. The predicted molar refractivity (Wildman–Crippen MR) is 295 cm³/mol. The number of imidazole rings is 1. The van der Waals surface area contributed by atoms with Crippen LogP contribution in [0.2, 0.25) is 0 Å². The molecule has 5 nitrogen and oxygen atoms in total. The number of ether oxygens (including phenoxy) is 1. The van der Waals surface area contributed by atoms with E-state index < -0.39 is 60.4 Å². The summed E-state index contributed by atoms with van der Waals surface area (Å²) in [6, 6.07) is 38.4. The lowest BCUT2D eigenvalue weighted by molar-refractivity contribution is -0.571. The molecule has 11 aromatic rings. The average Bonchev–Trinajstić information content (AvgIpc) is 4.12. The van der Waals surface area contributed by atoms with Crippen molar-refractivity contribution in [3.05, 3.63) is 223 Å². The van der Waals surface area contributed by atoms with E-state index in [9.17, 15) is 5.48 Å². The van der Waals surface area contributed by atoms with E-state index in [0.29, 0.717) is 28.2 Å². The Bertz CT molecular complexity index is 4230. The zero-order valence-electron chi connectivity index (χ0n) is 51.5. The van der Waals surface area contributed by atoms with Gasteiger partial charge in [-0.2, -0.15) is 0 Å². The van der Waals surface area contributed by atoms with Crippen LogP contribution in [0.25, 0.3) is 83.4 Å². The monoisotopic (exact) mass is 935 g/mol. The highest BCUT2D eigenvalue weighted by molar-refractivity contribution is 6.09. The number of para-hydroxylation sites is 2. The van der Waals surface area contributed by atoms with Gasteiger partial charge in [-0.1, -0.05) is 196 Å². The molecule has 3 aromatic heterocycles. The Balaban J connectivity index is 1.16. The topological polar surface area (TPSA) is 35.9 Å². The molecule has 0 radical (unpaired) electrons. The number of pyridine rings is 1. The summed E-state index contributed by atoms with van der Waals surface area (Å²) in [5.74, 6) is 1.88. The number of nitrogens with zero attached hydrogens (tertiary/aromatic N) is 4. The Morgan fingerprint density at radius 3 is 1.77 bits per heavy atom. The first-order valence-corrected chi connectivity index (χ1v) is 24.0. The lowest BCUT2D eigenvalue weighted by atomic mass is 9.79. The number of hydrogen-bond donors (Lipinski definition) is 0. The fraction of sp³-hybridized carbons (Fsp3) is 0.182. The van der Waals surface area contributed by atoms with Crippen LogP contribution in [-0.4, -0.2) is 14.1 Å². The lowest BCUT2D eigenvalue weighted by Gasteiger charge is -2.26. The van der Waals surface area contributed by atoms with Crippen LogP contribution in [0.3, 0.4) is 0 Å². The summed E-state index contributed by atoms with van der Waals surface area (Å²) >= 11 is 0. The van der Waals surface area contributed by atoms with Gasteiger partial charge in [0.2, 0.25) is 0 Å². The van der Waals surface area contributed by atoms with Crippen LogP contribution in [0.15, 0.2) is 200 Å². The number of aromatic nitrogens is 4. The molecule has 8 aromatic carbocycles. The summed E-state index contributed by atoms with van der Waals surface area (Å²) in [6.45, 7) is 19.7. The van der Waals surface area contributed by atoms with Gasteiger partial charge in [-0.15, -0.1) is 0 Å². The highest BCUT2D eigenvalue weighted by Crippen LogP contribution is 2.40. The Morgan fingerprint density at radius 1 is 0.493 bits per heavy atom. The summed E-state index contributed by atoms with van der Waals surface area (Å²) in [5.41, 5.74) is 8.83. The minimum absolute atomic E-state index is 0.105. The van der Waals surface area contributed by atoms with Crippen molar-refractivity contribution in [1.29, 1.82) is 0 Å². The van der Waals surface area contributed by atoms with Gasteiger partial charge in [-0.3, -0.25) is 13.7 Å².